The van der Waals surface area contributed by atoms with Crippen molar-refractivity contribution in [3.63, 3.8) is 0 Å². The fourth-order valence-electron chi connectivity index (χ4n) is 6.53. The highest BCUT2D eigenvalue weighted by atomic mass is 16.3. The Kier molecular flexibility index (Phi) is 15.7. The summed E-state index contributed by atoms with van der Waals surface area (Å²) in [7, 11) is 0. The second-order valence-corrected chi connectivity index (χ2v) is 14.3. The lowest BCUT2D eigenvalue weighted by atomic mass is 9.72. The van der Waals surface area contributed by atoms with Crippen LogP contribution in [0.4, 0.5) is 0 Å². The van der Waals surface area contributed by atoms with Crippen molar-refractivity contribution in [2.45, 2.75) is 120 Å². The maximum absolute atomic E-state index is 11.0. The van der Waals surface area contributed by atoms with Gasteiger partial charge in [-0.3, -0.25) is 9.69 Å². The number of phenolic OH excluding ortho intramolecular Hbond substituents is 1. The summed E-state index contributed by atoms with van der Waals surface area (Å²) < 4.78 is 0. The van der Waals surface area contributed by atoms with E-state index in [0.29, 0.717) is 17.8 Å². The molecule has 0 spiro atoms. The number of phenols is 1. The summed E-state index contributed by atoms with van der Waals surface area (Å²) in [6, 6.07) is 17.5. The number of aryl methyl sites for hydroxylation is 1. The molecule has 0 aliphatic heterocycles. The summed E-state index contributed by atoms with van der Waals surface area (Å²) >= 11 is 0. The molecule has 1 aliphatic rings. The van der Waals surface area contributed by atoms with Crippen LogP contribution in [0.5, 0.6) is 5.75 Å². The van der Waals surface area contributed by atoms with Gasteiger partial charge in [0.2, 0.25) is 0 Å². The molecular formula is C43H61NO2. The number of hydrogen-bond acceptors (Lipinski definition) is 3. The first kappa shape index (κ1) is 38.8. The normalized spacial score (nSPS) is 16.5. The van der Waals surface area contributed by atoms with Crippen molar-refractivity contribution in [2.75, 3.05) is 6.54 Å². The minimum absolute atomic E-state index is 0.0877. The van der Waals surface area contributed by atoms with Gasteiger partial charge in [0.05, 0.1) is 0 Å². The first-order chi connectivity index (χ1) is 21.6. The van der Waals surface area contributed by atoms with E-state index >= 15 is 0 Å². The van der Waals surface area contributed by atoms with E-state index in [4.69, 9.17) is 0 Å². The van der Waals surface area contributed by atoms with Gasteiger partial charge in [0.1, 0.15) is 5.75 Å². The molecule has 0 unspecified atom stereocenters. The first-order valence-corrected chi connectivity index (χ1v) is 17.1. The predicted molar refractivity (Wildman–Crippen MR) is 200 cm³/mol. The molecule has 1 atom stereocenters. The fraction of sp³-hybridized carbons (Fsp3) is 0.465. The number of ketones is 1. The van der Waals surface area contributed by atoms with Crippen LogP contribution < -0.4 is 0 Å². The number of aromatic hydroxyl groups is 1. The molecule has 46 heavy (non-hydrogen) atoms. The van der Waals surface area contributed by atoms with Crippen molar-refractivity contribution >= 4 is 5.78 Å². The van der Waals surface area contributed by atoms with Crippen LogP contribution in [0.1, 0.15) is 118 Å². The molecular weight excluding hydrogens is 562 g/mol. The lowest BCUT2D eigenvalue weighted by molar-refractivity contribution is -0.112. The van der Waals surface area contributed by atoms with Crippen LogP contribution in [-0.4, -0.2) is 34.4 Å². The lowest BCUT2D eigenvalue weighted by Gasteiger charge is -2.32. The van der Waals surface area contributed by atoms with Crippen LogP contribution in [0.2, 0.25) is 0 Å². The van der Waals surface area contributed by atoms with Gasteiger partial charge >= 0.3 is 0 Å². The largest absolute Gasteiger partial charge is 0.508 e. The Bertz CT molecular complexity index is 1410. The number of nitrogens with zero attached hydrogens (tertiary/aromatic N) is 1. The zero-order valence-electron chi connectivity index (χ0n) is 30.7. The van der Waals surface area contributed by atoms with Crippen LogP contribution in [0.15, 0.2) is 107 Å². The summed E-state index contributed by atoms with van der Waals surface area (Å²) in [6.07, 6.45) is 17.0. The van der Waals surface area contributed by atoms with Crippen LogP contribution in [0.25, 0.3) is 0 Å². The highest BCUT2D eigenvalue weighted by molar-refractivity contribution is 5.88. The van der Waals surface area contributed by atoms with Gasteiger partial charge in [-0.15, -0.1) is 0 Å². The lowest BCUT2D eigenvalue weighted by Crippen LogP contribution is -2.38. The van der Waals surface area contributed by atoms with Crippen molar-refractivity contribution in [1.82, 2.24) is 4.90 Å². The molecule has 1 N–H and O–H groups in total. The van der Waals surface area contributed by atoms with Gasteiger partial charge in [-0.05, 0) is 129 Å². The van der Waals surface area contributed by atoms with E-state index in [1.165, 1.54) is 47.1 Å². The number of benzene rings is 2. The second kappa shape index (κ2) is 18.6. The molecule has 1 aliphatic carbocycles. The van der Waals surface area contributed by atoms with Crippen LogP contribution in [-0.2, 0) is 4.79 Å². The molecule has 0 aromatic heterocycles. The highest BCUT2D eigenvalue weighted by Crippen LogP contribution is 2.41. The van der Waals surface area contributed by atoms with E-state index in [2.05, 4.69) is 116 Å². The third-order valence-electron chi connectivity index (χ3n) is 8.97. The smallest absolute Gasteiger partial charge is 0.152 e. The maximum atomic E-state index is 11.0. The minimum Gasteiger partial charge on any atom is -0.508 e. The topological polar surface area (TPSA) is 40.5 Å². The van der Waals surface area contributed by atoms with Crippen molar-refractivity contribution in [1.29, 1.82) is 0 Å². The van der Waals surface area contributed by atoms with Gasteiger partial charge in [-0.25, -0.2) is 0 Å². The van der Waals surface area contributed by atoms with Crippen LogP contribution in [0.3, 0.4) is 0 Å². The molecule has 0 radical (unpaired) electrons. The van der Waals surface area contributed by atoms with Gasteiger partial charge in [-0.1, -0.05) is 103 Å². The molecule has 0 bridgehead atoms. The summed E-state index contributed by atoms with van der Waals surface area (Å²) in [5, 5.41) is 10.4. The Hall–Kier alpha value is -3.43. The van der Waals surface area contributed by atoms with E-state index in [1.807, 2.05) is 37.3 Å². The Labute approximate surface area is 281 Å². The molecule has 3 heteroatoms. The molecule has 3 nitrogen and oxygen atoms in total. The molecule has 0 saturated heterocycles. The number of allylic oxidation sites excluding steroid dienone is 10. The summed E-state index contributed by atoms with van der Waals surface area (Å²) in [5.41, 5.74) is 8.99. The van der Waals surface area contributed by atoms with Gasteiger partial charge in [0.15, 0.2) is 5.78 Å². The third kappa shape index (κ3) is 12.8. The van der Waals surface area contributed by atoms with Crippen molar-refractivity contribution in [3.05, 3.63) is 124 Å². The maximum Gasteiger partial charge on any atom is 0.152 e. The summed E-state index contributed by atoms with van der Waals surface area (Å²) in [6.45, 7) is 24.7. The van der Waals surface area contributed by atoms with E-state index in [9.17, 15) is 9.90 Å². The first-order valence-electron chi connectivity index (χ1n) is 17.1. The molecule has 2 aromatic rings. The number of carbonyl (C=O) groups excluding carboxylic acids is 1. The molecule has 0 amide bonds. The Balaban J connectivity index is 0.000000322. The molecule has 3 rings (SSSR count). The van der Waals surface area contributed by atoms with E-state index in [1.54, 1.807) is 13.0 Å². The summed E-state index contributed by atoms with van der Waals surface area (Å²) in [4.78, 5) is 13.5. The number of rotatable bonds is 12. The van der Waals surface area contributed by atoms with Crippen molar-refractivity contribution in [2.24, 2.45) is 5.41 Å². The molecule has 2 aromatic carbocycles. The molecule has 250 valence electrons. The average Bonchev–Trinajstić information content (AvgIpc) is 2.96. The van der Waals surface area contributed by atoms with Crippen LogP contribution >= 0.6 is 0 Å². The number of carbonyl (C=O) groups is 1. The van der Waals surface area contributed by atoms with E-state index < -0.39 is 0 Å². The Morgan fingerprint density at radius 1 is 0.935 bits per heavy atom. The third-order valence-corrected chi connectivity index (χ3v) is 8.97. The summed E-state index contributed by atoms with van der Waals surface area (Å²) in [5.74, 6) is 0.700. The average molecular weight is 624 g/mol. The zero-order valence-corrected chi connectivity index (χ0v) is 30.7. The van der Waals surface area contributed by atoms with Gasteiger partial charge in [-0.2, -0.15) is 0 Å². The van der Waals surface area contributed by atoms with Crippen molar-refractivity contribution < 1.29 is 9.90 Å². The fourth-order valence-corrected chi connectivity index (χ4v) is 6.53. The van der Waals surface area contributed by atoms with Crippen molar-refractivity contribution in [3.8, 4) is 5.75 Å². The monoisotopic (exact) mass is 623 g/mol. The highest BCUT2D eigenvalue weighted by Gasteiger charge is 2.26. The SMILES string of the molecule is CC(=O)/C=C(C)/C=C/C=C(C)/C=C/C1=C(C)CCCC1(C)C.Cc1ccc(O)c([C@H](CCN(C(C)C)C(C)C)c2ccccc2)c1. The molecule has 0 saturated carbocycles. The second-order valence-electron chi connectivity index (χ2n) is 14.3. The molecule has 0 heterocycles. The standard InChI is InChI=1S/C22H31NO.C21H30O/c1-16(2)23(17(3)4)14-13-20(19-9-7-6-8-10-19)21-15-18(5)11-12-22(21)24;1-16(9-7-10-17(2)15-19(4)22)12-13-20-18(3)11-8-14-21(20,5)6/h6-12,15-17,20,24H,13-14H2,1-5H3;7,9-10,12-13,15H,8,11,14H2,1-6H3/b;10-7+,13-12+,16-9+,17-15+/t20-;/m1./s1. The minimum atomic E-state index is 0.0877. The van der Waals surface area contributed by atoms with E-state index in [-0.39, 0.29) is 17.1 Å². The Morgan fingerprint density at radius 3 is 2.17 bits per heavy atom. The Morgan fingerprint density at radius 2 is 1.59 bits per heavy atom. The molecule has 0 fully saturated rings. The number of hydrogen-bond donors (Lipinski definition) is 1. The van der Waals surface area contributed by atoms with Gasteiger partial charge < -0.3 is 5.11 Å². The zero-order chi connectivity index (χ0) is 34.4. The van der Waals surface area contributed by atoms with Gasteiger partial charge in [0, 0.05) is 23.6 Å². The van der Waals surface area contributed by atoms with E-state index in [0.717, 1.165) is 24.1 Å². The predicted octanol–water partition coefficient (Wildman–Crippen LogP) is 11.4. The quantitative estimate of drug-likeness (QED) is 0.189. The van der Waals surface area contributed by atoms with Crippen LogP contribution in [0, 0.1) is 12.3 Å². The van der Waals surface area contributed by atoms with Gasteiger partial charge in [0.25, 0.3) is 0 Å².